The van der Waals surface area contributed by atoms with Gasteiger partial charge in [-0.15, -0.1) is 5.10 Å². The molecule has 0 saturated carbocycles. The average Bonchev–Trinajstić information content (AvgIpc) is 3.01. The highest BCUT2D eigenvalue weighted by Crippen LogP contribution is 2.33. The first-order valence-corrected chi connectivity index (χ1v) is 7.72. The van der Waals surface area contributed by atoms with Gasteiger partial charge in [-0.3, -0.25) is 4.98 Å². The minimum absolute atomic E-state index is 0.113. The molecule has 0 spiro atoms. The Morgan fingerprint density at radius 2 is 1.91 bits per heavy atom. The number of nitrogens with zero attached hydrogens (tertiary/aromatic N) is 4. The van der Waals surface area contributed by atoms with Crippen molar-refractivity contribution >= 4 is 23.2 Å². The van der Waals surface area contributed by atoms with E-state index in [1.165, 1.54) is 0 Å². The van der Waals surface area contributed by atoms with Crippen LogP contribution in [-0.2, 0) is 0 Å². The van der Waals surface area contributed by atoms with Gasteiger partial charge >= 0.3 is 0 Å². The van der Waals surface area contributed by atoms with Gasteiger partial charge in [0.15, 0.2) is 0 Å². The van der Waals surface area contributed by atoms with Crippen molar-refractivity contribution in [2.24, 2.45) is 0 Å². The van der Waals surface area contributed by atoms with Gasteiger partial charge in [0.1, 0.15) is 5.69 Å². The Morgan fingerprint density at radius 1 is 1.14 bits per heavy atom. The Hall–Kier alpha value is -1.91. The molecule has 1 aromatic carbocycles. The number of aromatic nitrogens is 4. The van der Waals surface area contributed by atoms with E-state index in [2.05, 4.69) is 22.2 Å². The molecule has 112 valence electrons. The zero-order chi connectivity index (χ0) is 15.5. The molecule has 0 radical (unpaired) electrons. The summed E-state index contributed by atoms with van der Waals surface area (Å²) in [5.74, 6) is 0. The number of pyridine rings is 1. The summed E-state index contributed by atoms with van der Waals surface area (Å²) in [5.41, 5.74) is 2.64. The van der Waals surface area contributed by atoms with Crippen LogP contribution in [-0.4, -0.2) is 20.0 Å². The quantitative estimate of drug-likeness (QED) is 0.698. The summed E-state index contributed by atoms with van der Waals surface area (Å²) in [6.07, 6.45) is 6.36. The van der Waals surface area contributed by atoms with Crippen LogP contribution in [0.25, 0.3) is 11.3 Å². The van der Waals surface area contributed by atoms with Crippen molar-refractivity contribution in [2.45, 2.75) is 19.4 Å². The van der Waals surface area contributed by atoms with Crippen LogP contribution in [0.3, 0.4) is 0 Å². The number of rotatable bonds is 4. The Bertz CT molecular complexity index is 771. The molecule has 0 aliphatic heterocycles. The minimum atomic E-state index is 0.113. The maximum Gasteiger partial charge on any atom is 0.114 e. The molecule has 2 heterocycles. The van der Waals surface area contributed by atoms with Crippen LogP contribution in [0.1, 0.15) is 24.9 Å². The molecular weight excluding hydrogens is 319 g/mol. The summed E-state index contributed by atoms with van der Waals surface area (Å²) < 4.78 is 1.85. The highest BCUT2D eigenvalue weighted by molar-refractivity contribution is 6.43. The third-order valence-electron chi connectivity index (χ3n) is 3.53. The Morgan fingerprint density at radius 3 is 2.64 bits per heavy atom. The third kappa shape index (κ3) is 2.85. The maximum atomic E-state index is 6.25. The fraction of sp³-hybridized carbons (Fsp3) is 0.188. The Balaban J connectivity index is 1.98. The van der Waals surface area contributed by atoms with Gasteiger partial charge in [-0.25, -0.2) is 4.68 Å². The van der Waals surface area contributed by atoms with E-state index in [0.717, 1.165) is 17.5 Å². The molecule has 0 unspecified atom stereocenters. The van der Waals surface area contributed by atoms with Crippen LogP contribution in [0, 0.1) is 0 Å². The monoisotopic (exact) mass is 332 g/mol. The van der Waals surface area contributed by atoms with Gasteiger partial charge < -0.3 is 0 Å². The van der Waals surface area contributed by atoms with Crippen LogP contribution in [0.2, 0.25) is 10.0 Å². The molecule has 22 heavy (non-hydrogen) atoms. The second kappa shape index (κ2) is 6.46. The van der Waals surface area contributed by atoms with Crippen molar-refractivity contribution in [3.63, 3.8) is 0 Å². The van der Waals surface area contributed by atoms with Gasteiger partial charge in [0.25, 0.3) is 0 Å². The molecule has 6 heteroatoms. The van der Waals surface area contributed by atoms with Gasteiger partial charge in [-0.05, 0) is 30.2 Å². The molecular formula is C16H14Cl2N4. The lowest BCUT2D eigenvalue weighted by Gasteiger charge is -2.14. The summed E-state index contributed by atoms with van der Waals surface area (Å²) in [7, 11) is 0. The number of halogens is 2. The molecule has 0 bridgehead atoms. The largest absolute Gasteiger partial charge is 0.265 e. The zero-order valence-electron chi connectivity index (χ0n) is 11.9. The molecule has 1 atom stereocenters. The minimum Gasteiger partial charge on any atom is -0.265 e. The van der Waals surface area contributed by atoms with Gasteiger partial charge in [0.05, 0.1) is 22.3 Å². The summed E-state index contributed by atoms with van der Waals surface area (Å²) in [5, 5.41) is 9.50. The van der Waals surface area contributed by atoms with Gasteiger partial charge in [0.2, 0.25) is 0 Å². The highest BCUT2D eigenvalue weighted by Gasteiger charge is 2.16. The van der Waals surface area contributed by atoms with E-state index < -0.39 is 0 Å². The molecule has 0 fully saturated rings. The summed E-state index contributed by atoms with van der Waals surface area (Å²) in [6.45, 7) is 2.11. The van der Waals surface area contributed by atoms with E-state index in [1.54, 1.807) is 18.5 Å². The number of hydrogen-bond donors (Lipinski definition) is 0. The fourth-order valence-corrected chi connectivity index (χ4v) is 2.81. The topological polar surface area (TPSA) is 43.6 Å². The van der Waals surface area contributed by atoms with E-state index >= 15 is 0 Å². The lowest BCUT2D eigenvalue weighted by atomic mass is 10.1. The Labute approximate surface area is 138 Å². The van der Waals surface area contributed by atoms with E-state index in [0.29, 0.717) is 15.7 Å². The van der Waals surface area contributed by atoms with Crippen molar-refractivity contribution in [1.82, 2.24) is 20.0 Å². The van der Waals surface area contributed by atoms with Gasteiger partial charge in [-0.2, -0.15) is 0 Å². The van der Waals surface area contributed by atoms with Crippen molar-refractivity contribution in [3.05, 3.63) is 64.5 Å². The molecule has 4 nitrogen and oxygen atoms in total. The van der Waals surface area contributed by atoms with Crippen LogP contribution >= 0.6 is 23.2 Å². The van der Waals surface area contributed by atoms with Crippen molar-refractivity contribution in [2.75, 3.05) is 0 Å². The van der Waals surface area contributed by atoms with Crippen LogP contribution in [0.4, 0.5) is 0 Å². The summed E-state index contributed by atoms with van der Waals surface area (Å²) >= 11 is 12.3. The van der Waals surface area contributed by atoms with E-state index in [4.69, 9.17) is 23.2 Å². The predicted octanol–water partition coefficient (Wildman–Crippen LogP) is 4.65. The average molecular weight is 333 g/mol. The van der Waals surface area contributed by atoms with Crippen LogP contribution in [0.15, 0.2) is 48.9 Å². The fourth-order valence-electron chi connectivity index (χ4n) is 2.42. The maximum absolute atomic E-state index is 6.25. The first kappa shape index (κ1) is 15.0. The van der Waals surface area contributed by atoms with Crippen LogP contribution < -0.4 is 0 Å². The summed E-state index contributed by atoms with van der Waals surface area (Å²) in [4.78, 5) is 4.05. The molecule has 0 aliphatic rings. The number of benzene rings is 1. The van der Waals surface area contributed by atoms with E-state index in [1.807, 2.05) is 35.1 Å². The van der Waals surface area contributed by atoms with Crippen molar-refractivity contribution in [3.8, 4) is 11.3 Å². The third-order valence-corrected chi connectivity index (χ3v) is 4.35. The lowest BCUT2D eigenvalue weighted by Crippen LogP contribution is -2.10. The number of hydrogen-bond acceptors (Lipinski definition) is 3. The van der Waals surface area contributed by atoms with Crippen LogP contribution in [0.5, 0.6) is 0 Å². The second-order valence-electron chi connectivity index (χ2n) is 4.89. The SMILES string of the molecule is CC[C@H](c1ccncc1)n1cc(-c2cccc(Cl)c2Cl)nn1. The summed E-state index contributed by atoms with van der Waals surface area (Å²) in [6, 6.07) is 9.58. The first-order valence-electron chi connectivity index (χ1n) is 6.97. The molecule has 3 aromatic rings. The first-order chi connectivity index (χ1) is 10.7. The van der Waals surface area contributed by atoms with Gasteiger partial charge in [0, 0.05) is 18.0 Å². The molecule has 3 rings (SSSR count). The standard InChI is InChI=1S/C16H14Cl2N4/c1-2-15(11-6-8-19-9-7-11)22-10-14(20-21-22)12-4-3-5-13(17)16(12)18/h3-10,15H,2H2,1H3/t15-/m1/s1. The van der Waals surface area contributed by atoms with Crippen molar-refractivity contribution < 1.29 is 0 Å². The van der Waals surface area contributed by atoms with Crippen molar-refractivity contribution in [1.29, 1.82) is 0 Å². The van der Waals surface area contributed by atoms with E-state index in [-0.39, 0.29) is 6.04 Å². The second-order valence-corrected chi connectivity index (χ2v) is 5.67. The lowest BCUT2D eigenvalue weighted by molar-refractivity contribution is 0.493. The molecule has 0 amide bonds. The smallest absolute Gasteiger partial charge is 0.114 e. The molecule has 0 aliphatic carbocycles. The van der Waals surface area contributed by atoms with E-state index in [9.17, 15) is 0 Å². The molecule has 2 aromatic heterocycles. The highest BCUT2D eigenvalue weighted by atomic mass is 35.5. The normalized spacial score (nSPS) is 12.3. The predicted molar refractivity (Wildman–Crippen MR) is 88.1 cm³/mol. The zero-order valence-corrected chi connectivity index (χ0v) is 13.5. The Kier molecular flexibility index (Phi) is 4.41. The molecule has 0 N–H and O–H groups in total. The molecule has 0 saturated heterocycles. The van der Waals surface area contributed by atoms with Gasteiger partial charge in [-0.1, -0.05) is 47.5 Å².